The number of anilines is 1. The van der Waals surface area contributed by atoms with Crippen molar-refractivity contribution in [1.29, 1.82) is 0 Å². The van der Waals surface area contributed by atoms with Gasteiger partial charge in [-0.05, 0) is 43.0 Å². The predicted octanol–water partition coefficient (Wildman–Crippen LogP) is 3.36. The molecule has 3 heterocycles. The lowest BCUT2D eigenvalue weighted by atomic mass is 10.1. The van der Waals surface area contributed by atoms with E-state index in [2.05, 4.69) is 51.7 Å². The van der Waals surface area contributed by atoms with Crippen LogP contribution in [0.15, 0.2) is 47.6 Å². The SMILES string of the molecule is CCNC(=NCc1ccc(N2CCCC2)nc1)NCC1Cc2ccccc2O1.I. The van der Waals surface area contributed by atoms with Crippen molar-refractivity contribution >= 4 is 35.8 Å². The van der Waals surface area contributed by atoms with E-state index in [-0.39, 0.29) is 30.1 Å². The number of fused-ring (bicyclic) bond motifs is 1. The number of nitrogens with one attached hydrogen (secondary N) is 2. The summed E-state index contributed by atoms with van der Waals surface area (Å²) < 4.78 is 6.00. The van der Waals surface area contributed by atoms with Gasteiger partial charge in [-0.3, -0.25) is 0 Å². The van der Waals surface area contributed by atoms with Crippen molar-refractivity contribution in [2.75, 3.05) is 31.1 Å². The fraction of sp³-hybridized carbons (Fsp3) is 0.455. The van der Waals surface area contributed by atoms with Gasteiger partial charge in [0.05, 0.1) is 13.1 Å². The molecule has 1 aromatic carbocycles. The summed E-state index contributed by atoms with van der Waals surface area (Å²) in [6.07, 6.45) is 5.55. The number of ether oxygens (including phenoxy) is 1. The molecule has 7 heteroatoms. The maximum Gasteiger partial charge on any atom is 0.191 e. The third-order valence-corrected chi connectivity index (χ3v) is 5.21. The van der Waals surface area contributed by atoms with Gasteiger partial charge in [0, 0.05) is 32.3 Å². The molecule has 2 aliphatic rings. The third kappa shape index (κ3) is 5.74. The lowest BCUT2D eigenvalue weighted by Crippen LogP contribution is -2.42. The van der Waals surface area contributed by atoms with Gasteiger partial charge < -0.3 is 20.3 Å². The van der Waals surface area contributed by atoms with E-state index in [0.29, 0.717) is 6.54 Å². The van der Waals surface area contributed by atoms with Crippen LogP contribution in [0, 0.1) is 0 Å². The second-order valence-electron chi connectivity index (χ2n) is 7.35. The van der Waals surface area contributed by atoms with Crippen LogP contribution in [0.1, 0.15) is 30.9 Å². The van der Waals surface area contributed by atoms with Crippen molar-refractivity contribution in [3.63, 3.8) is 0 Å². The van der Waals surface area contributed by atoms with Crippen molar-refractivity contribution in [1.82, 2.24) is 15.6 Å². The first kappa shape index (κ1) is 21.7. The van der Waals surface area contributed by atoms with E-state index in [9.17, 15) is 0 Å². The quantitative estimate of drug-likeness (QED) is 0.357. The standard InChI is InChI=1S/C22H29N5O.HI/c1-2-23-22(26-16-19-13-18-7-3-4-8-20(18)28-19)25-15-17-9-10-21(24-14-17)27-11-5-6-12-27;/h3-4,7-10,14,19H,2,5-6,11-13,15-16H2,1H3,(H2,23,25,26);1H. The van der Waals surface area contributed by atoms with Crippen molar-refractivity contribution in [3.05, 3.63) is 53.7 Å². The Labute approximate surface area is 190 Å². The third-order valence-electron chi connectivity index (χ3n) is 5.21. The Morgan fingerprint density at radius 2 is 2.00 bits per heavy atom. The molecular formula is C22H30IN5O. The van der Waals surface area contributed by atoms with Crippen LogP contribution in [0.2, 0.25) is 0 Å². The largest absolute Gasteiger partial charge is 0.488 e. The molecule has 0 spiro atoms. The van der Waals surface area contributed by atoms with Gasteiger partial charge in [-0.2, -0.15) is 0 Å². The number of halogens is 1. The summed E-state index contributed by atoms with van der Waals surface area (Å²) in [5, 5.41) is 6.72. The number of para-hydroxylation sites is 1. The van der Waals surface area contributed by atoms with Gasteiger partial charge in [0.2, 0.25) is 0 Å². The summed E-state index contributed by atoms with van der Waals surface area (Å²) in [5.74, 6) is 2.89. The zero-order chi connectivity index (χ0) is 19.2. The molecule has 29 heavy (non-hydrogen) atoms. The molecule has 1 atom stereocenters. The second kappa shape index (κ2) is 10.7. The lowest BCUT2D eigenvalue weighted by Gasteiger charge is -2.16. The Balaban J connectivity index is 0.00000240. The molecule has 0 aliphatic carbocycles. The van der Waals surface area contributed by atoms with Gasteiger partial charge in [0.1, 0.15) is 17.7 Å². The zero-order valence-electron chi connectivity index (χ0n) is 16.9. The molecule has 1 aromatic heterocycles. The van der Waals surface area contributed by atoms with Gasteiger partial charge in [0.25, 0.3) is 0 Å². The number of guanidine groups is 1. The number of pyridine rings is 1. The second-order valence-corrected chi connectivity index (χ2v) is 7.35. The average Bonchev–Trinajstić information content (AvgIpc) is 3.40. The molecule has 0 saturated carbocycles. The summed E-state index contributed by atoms with van der Waals surface area (Å²) in [5.41, 5.74) is 2.39. The highest BCUT2D eigenvalue weighted by atomic mass is 127. The van der Waals surface area contributed by atoms with Crippen LogP contribution in [0.4, 0.5) is 5.82 Å². The van der Waals surface area contributed by atoms with Crippen LogP contribution in [-0.2, 0) is 13.0 Å². The predicted molar refractivity (Wildman–Crippen MR) is 128 cm³/mol. The first-order valence-electron chi connectivity index (χ1n) is 10.3. The fourth-order valence-electron chi connectivity index (χ4n) is 3.73. The summed E-state index contributed by atoms with van der Waals surface area (Å²) >= 11 is 0. The smallest absolute Gasteiger partial charge is 0.191 e. The molecule has 156 valence electrons. The Hall–Kier alpha value is -2.03. The van der Waals surface area contributed by atoms with Crippen LogP contribution in [0.3, 0.4) is 0 Å². The van der Waals surface area contributed by atoms with Crippen molar-refractivity contribution in [3.8, 4) is 5.75 Å². The molecule has 0 radical (unpaired) electrons. The van der Waals surface area contributed by atoms with Crippen molar-refractivity contribution in [2.45, 2.75) is 38.8 Å². The van der Waals surface area contributed by atoms with Gasteiger partial charge in [-0.15, -0.1) is 24.0 Å². The minimum Gasteiger partial charge on any atom is -0.488 e. The molecule has 1 fully saturated rings. The molecule has 4 rings (SSSR count). The molecule has 0 bridgehead atoms. The lowest BCUT2D eigenvalue weighted by molar-refractivity contribution is 0.235. The molecule has 0 amide bonds. The van der Waals surface area contributed by atoms with E-state index in [4.69, 9.17) is 9.73 Å². The summed E-state index contributed by atoms with van der Waals surface area (Å²) in [4.78, 5) is 11.7. The van der Waals surface area contributed by atoms with Gasteiger partial charge in [-0.1, -0.05) is 24.3 Å². The van der Waals surface area contributed by atoms with E-state index in [1.807, 2.05) is 18.3 Å². The maximum atomic E-state index is 6.00. The number of aliphatic imine (C=N–C) groups is 1. The fourth-order valence-corrected chi connectivity index (χ4v) is 3.73. The average molecular weight is 507 g/mol. The minimum atomic E-state index is 0. The van der Waals surface area contributed by atoms with E-state index in [1.54, 1.807) is 0 Å². The number of nitrogens with zero attached hydrogens (tertiary/aromatic N) is 3. The molecule has 1 unspecified atom stereocenters. The number of benzene rings is 1. The zero-order valence-corrected chi connectivity index (χ0v) is 19.3. The molecular weight excluding hydrogens is 477 g/mol. The highest BCUT2D eigenvalue weighted by Gasteiger charge is 2.22. The van der Waals surface area contributed by atoms with Gasteiger partial charge >= 0.3 is 0 Å². The first-order valence-corrected chi connectivity index (χ1v) is 10.3. The minimum absolute atomic E-state index is 0. The monoisotopic (exact) mass is 507 g/mol. The van der Waals surface area contributed by atoms with E-state index in [0.717, 1.165) is 55.7 Å². The maximum absolute atomic E-state index is 6.00. The Morgan fingerprint density at radius 1 is 1.17 bits per heavy atom. The van der Waals surface area contributed by atoms with E-state index in [1.165, 1.54) is 18.4 Å². The van der Waals surface area contributed by atoms with Gasteiger partial charge in [-0.25, -0.2) is 9.98 Å². The van der Waals surface area contributed by atoms with Crippen LogP contribution in [0.25, 0.3) is 0 Å². The van der Waals surface area contributed by atoms with Crippen LogP contribution in [0.5, 0.6) is 5.75 Å². The molecule has 2 aromatic rings. The van der Waals surface area contributed by atoms with Crippen molar-refractivity contribution in [2.24, 2.45) is 4.99 Å². The van der Waals surface area contributed by atoms with E-state index < -0.39 is 0 Å². The molecule has 1 saturated heterocycles. The number of hydrogen-bond donors (Lipinski definition) is 2. The first-order chi connectivity index (χ1) is 13.8. The number of rotatable bonds is 6. The highest BCUT2D eigenvalue weighted by Crippen LogP contribution is 2.27. The molecule has 2 aliphatic heterocycles. The summed E-state index contributed by atoms with van der Waals surface area (Å²) in [6, 6.07) is 12.5. The van der Waals surface area contributed by atoms with Crippen LogP contribution >= 0.6 is 24.0 Å². The Morgan fingerprint density at radius 3 is 2.72 bits per heavy atom. The highest BCUT2D eigenvalue weighted by molar-refractivity contribution is 14.0. The van der Waals surface area contributed by atoms with Gasteiger partial charge in [0.15, 0.2) is 5.96 Å². The van der Waals surface area contributed by atoms with Crippen molar-refractivity contribution < 1.29 is 4.74 Å². The topological polar surface area (TPSA) is 61.8 Å². The number of aromatic nitrogens is 1. The normalized spacial score (nSPS) is 18.0. The summed E-state index contributed by atoms with van der Waals surface area (Å²) in [6.45, 7) is 6.47. The molecule has 6 nitrogen and oxygen atoms in total. The van der Waals surface area contributed by atoms with Crippen LogP contribution in [-0.4, -0.2) is 43.2 Å². The summed E-state index contributed by atoms with van der Waals surface area (Å²) in [7, 11) is 0. The Kier molecular flexibility index (Phi) is 7.97. The number of hydrogen-bond acceptors (Lipinski definition) is 4. The Bertz CT molecular complexity index is 780. The van der Waals surface area contributed by atoms with E-state index >= 15 is 0 Å². The van der Waals surface area contributed by atoms with Crippen LogP contribution < -0.4 is 20.3 Å². The molecule has 2 N–H and O–H groups in total.